The average Bonchev–Trinajstić information content (AvgIpc) is 1.97. The molecule has 0 saturated heterocycles. The molecule has 0 radical (unpaired) electrons. The molecule has 0 aliphatic carbocycles. The largest absolute Gasteiger partial charge is 0.505 e. The van der Waals surface area contributed by atoms with Crippen LogP contribution in [0.1, 0.15) is 6.42 Å². The molecule has 0 aliphatic heterocycles. The van der Waals surface area contributed by atoms with E-state index in [-0.39, 0.29) is 12.8 Å². The maximum atomic E-state index is 10.4. The summed E-state index contributed by atoms with van der Waals surface area (Å²) in [6, 6.07) is 0. The lowest BCUT2D eigenvalue weighted by atomic mass is 10.5. The first-order valence-corrected chi connectivity index (χ1v) is 4.49. The van der Waals surface area contributed by atoms with Gasteiger partial charge in [0.25, 0.3) is 0 Å². The van der Waals surface area contributed by atoms with Crippen LogP contribution in [0.15, 0.2) is 12.7 Å². The first-order valence-electron chi connectivity index (χ1n) is 3.09. The van der Waals surface area contributed by atoms with E-state index in [0.29, 0.717) is 6.42 Å². The fourth-order valence-electron chi connectivity index (χ4n) is 0.431. The number of carbonyl (C=O) groups is 1. The monoisotopic (exact) mass is 177 g/mol. The van der Waals surface area contributed by atoms with Gasteiger partial charge < -0.3 is 4.74 Å². The van der Waals surface area contributed by atoms with Gasteiger partial charge in [0.2, 0.25) is 0 Å². The van der Waals surface area contributed by atoms with Crippen molar-refractivity contribution in [1.82, 2.24) is 0 Å². The molecule has 0 saturated carbocycles. The lowest BCUT2D eigenvalue weighted by molar-refractivity contribution is -0.137. The molecule has 0 aromatic carbocycles. The number of rotatable bonds is 5. The zero-order valence-corrected chi connectivity index (χ0v) is 6.92. The Labute approximate surface area is 65.7 Å². The normalized spacial score (nSPS) is 10.5. The number of carbonyl (C=O) groups excluding carboxylic acids is 1. The van der Waals surface area contributed by atoms with Crippen molar-refractivity contribution < 1.29 is 19.0 Å². The maximum absolute atomic E-state index is 10.4. The van der Waals surface area contributed by atoms with E-state index in [2.05, 4.69) is 11.3 Å². The highest BCUT2D eigenvalue weighted by Gasteiger charge is 2.08. The molecule has 0 aromatic heterocycles. The number of hydrogen-bond donors (Lipinski definition) is 1. The predicted octanol–water partition coefficient (Wildman–Crippen LogP) is 0.840. The maximum Gasteiger partial charge on any atom is 0.505 e. The van der Waals surface area contributed by atoms with E-state index < -0.39 is 14.0 Å². The van der Waals surface area contributed by atoms with Crippen LogP contribution in [0.3, 0.4) is 0 Å². The summed E-state index contributed by atoms with van der Waals surface area (Å²) in [5, 5.41) is 0. The van der Waals surface area contributed by atoms with Gasteiger partial charge in [0.05, 0.1) is 6.61 Å². The second-order valence-corrected chi connectivity index (χ2v) is 2.95. The van der Waals surface area contributed by atoms with E-state index >= 15 is 0 Å². The van der Waals surface area contributed by atoms with Gasteiger partial charge in [-0.15, -0.1) is 0 Å². The van der Waals surface area contributed by atoms with Crippen LogP contribution in [-0.4, -0.2) is 23.6 Å². The summed E-state index contributed by atoms with van der Waals surface area (Å²) in [5.41, 5.74) is 0. The minimum absolute atomic E-state index is 0.166. The molecular formula is C6H10O4P+. The Morgan fingerprint density at radius 1 is 1.73 bits per heavy atom. The molecule has 0 spiro atoms. The van der Waals surface area contributed by atoms with E-state index in [4.69, 9.17) is 4.89 Å². The SMILES string of the molecule is C=CC(=O)OCCC[P+](=O)O. The zero-order chi connectivity index (χ0) is 8.69. The van der Waals surface area contributed by atoms with Crippen LogP contribution in [0.4, 0.5) is 0 Å². The third kappa shape index (κ3) is 7.16. The Morgan fingerprint density at radius 2 is 2.36 bits per heavy atom. The highest BCUT2D eigenvalue weighted by Crippen LogP contribution is 2.13. The van der Waals surface area contributed by atoms with E-state index in [1.165, 1.54) is 0 Å². The Hall–Kier alpha value is -0.730. The van der Waals surface area contributed by atoms with E-state index in [1.807, 2.05) is 0 Å². The van der Waals surface area contributed by atoms with Gasteiger partial charge in [-0.1, -0.05) is 6.58 Å². The molecule has 0 rings (SSSR count). The minimum atomic E-state index is -2.10. The second kappa shape index (κ2) is 6.01. The van der Waals surface area contributed by atoms with E-state index in [9.17, 15) is 9.36 Å². The second-order valence-electron chi connectivity index (χ2n) is 1.80. The summed E-state index contributed by atoms with van der Waals surface area (Å²) in [7, 11) is -2.10. The van der Waals surface area contributed by atoms with Crippen molar-refractivity contribution in [2.45, 2.75) is 6.42 Å². The van der Waals surface area contributed by atoms with Gasteiger partial charge >= 0.3 is 14.0 Å². The molecule has 1 N–H and O–H groups in total. The molecule has 0 amide bonds. The molecule has 0 aromatic rings. The van der Waals surface area contributed by atoms with Gasteiger partial charge in [-0.3, -0.25) is 0 Å². The molecule has 1 atom stereocenters. The summed E-state index contributed by atoms with van der Waals surface area (Å²) < 4.78 is 14.6. The molecule has 0 heterocycles. The lowest BCUT2D eigenvalue weighted by Crippen LogP contribution is -2.02. The smallest absolute Gasteiger partial charge is 0.462 e. The molecular weight excluding hydrogens is 167 g/mol. The topological polar surface area (TPSA) is 63.6 Å². The van der Waals surface area contributed by atoms with Crippen molar-refractivity contribution in [1.29, 1.82) is 0 Å². The Balaban J connectivity index is 3.21. The summed E-state index contributed by atoms with van der Waals surface area (Å²) >= 11 is 0. The Bertz CT molecular complexity index is 166. The molecule has 0 fully saturated rings. The van der Waals surface area contributed by atoms with Gasteiger partial charge in [0, 0.05) is 12.5 Å². The van der Waals surface area contributed by atoms with Crippen LogP contribution in [0.25, 0.3) is 0 Å². The first-order chi connectivity index (χ1) is 5.16. The van der Waals surface area contributed by atoms with Gasteiger partial charge in [-0.25, -0.2) is 4.79 Å². The van der Waals surface area contributed by atoms with Gasteiger partial charge in [0.15, 0.2) is 6.16 Å². The Kier molecular flexibility index (Phi) is 5.61. The average molecular weight is 177 g/mol. The van der Waals surface area contributed by atoms with Crippen LogP contribution < -0.4 is 0 Å². The molecule has 11 heavy (non-hydrogen) atoms. The standard InChI is InChI=1S/C6H9O4P/c1-2-6(7)10-4-3-5-11(8)9/h2H,1,3-5H2/p+1. The summed E-state index contributed by atoms with van der Waals surface area (Å²) in [6.07, 6.45) is 1.63. The third-order valence-electron chi connectivity index (χ3n) is 0.905. The number of ether oxygens (including phenoxy) is 1. The van der Waals surface area contributed by atoms with Crippen molar-refractivity contribution in [2.75, 3.05) is 12.8 Å². The van der Waals surface area contributed by atoms with Crippen molar-refractivity contribution in [3.05, 3.63) is 12.7 Å². The molecule has 5 heteroatoms. The number of esters is 1. The quantitative estimate of drug-likeness (QED) is 0.292. The molecule has 62 valence electrons. The zero-order valence-electron chi connectivity index (χ0n) is 6.02. The van der Waals surface area contributed by atoms with Crippen molar-refractivity contribution >= 4 is 14.0 Å². The van der Waals surface area contributed by atoms with Crippen LogP contribution in [0.2, 0.25) is 0 Å². The fraction of sp³-hybridized carbons (Fsp3) is 0.500. The van der Waals surface area contributed by atoms with Crippen LogP contribution in [0, 0.1) is 0 Å². The predicted molar refractivity (Wildman–Crippen MR) is 40.5 cm³/mol. The van der Waals surface area contributed by atoms with Crippen molar-refractivity contribution in [3.8, 4) is 0 Å². The highest BCUT2D eigenvalue weighted by molar-refractivity contribution is 7.37. The van der Waals surface area contributed by atoms with Crippen LogP contribution in [0.5, 0.6) is 0 Å². The van der Waals surface area contributed by atoms with E-state index in [0.717, 1.165) is 6.08 Å². The molecule has 1 unspecified atom stereocenters. The fourth-order valence-corrected chi connectivity index (χ4v) is 0.831. The first kappa shape index (κ1) is 10.3. The molecule has 0 aliphatic rings. The van der Waals surface area contributed by atoms with E-state index in [1.54, 1.807) is 0 Å². The van der Waals surface area contributed by atoms with Gasteiger partial charge in [0.1, 0.15) is 0 Å². The summed E-state index contributed by atoms with van der Waals surface area (Å²) in [6.45, 7) is 3.37. The van der Waals surface area contributed by atoms with Crippen LogP contribution >= 0.6 is 8.03 Å². The molecule has 0 bridgehead atoms. The Morgan fingerprint density at radius 3 is 2.82 bits per heavy atom. The summed E-state index contributed by atoms with van der Waals surface area (Å²) in [5.74, 6) is -0.502. The third-order valence-corrected chi connectivity index (χ3v) is 1.60. The minimum Gasteiger partial charge on any atom is -0.462 e. The summed E-state index contributed by atoms with van der Waals surface area (Å²) in [4.78, 5) is 18.7. The lowest BCUT2D eigenvalue weighted by Gasteiger charge is -1.95. The highest BCUT2D eigenvalue weighted by atomic mass is 31.1. The van der Waals surface area contributed by atoms with Crippen molar-refractivity contribution in [2.24, 2.45) is 0 Å². The molecule has 4 nitrogen and oxygen atoms in total. The van der Waals surface area contributed by atoms with Gasteiger partial charge in [-0.2, -0.15) is 4.89 Å². The van der Waals surface area contributed by atoms with Crippen LogP contribution in [-0.2, 0) is 14.1 Å². The van der Waals surface area contributed by atoms with Gasteiger partial charge in [-0.05, 0) is 4.57 Å². The number of hydrogen-bond acceptors (Lipinski definition) is 3. The van der Waals surface area contributed by atoms with Crippen molar-refractivity contribution in [3.63, 3.8) is 0 Å².